The molecule has 2 amide bonds. The molecule has 0 spiro atoms. The first kappa shape index (κ1) is 41.0. The van der Waals surface area contributed by atoms with Crippen molar-refractivity contribution in [2.75, 3.05) is 25.0 Å². The highest BCUT2D eigenvalue weighted by Gasteiger charge is 2.63. The van der Waals surface area contributed by atoms with Gasteiger partial charge in [-0.1, -0.05) is 17.7 Å². The second kappa shape index (κ2) is 15.5. The van der Waals surface area contributed by atoms with Crippen molar-refractivity contribution in [3.05, 3.63) is 53.3 Å². The molecule has 1 unspecified atom stereocenters. The lowest BCUT2D eigenvalue weighted by molar-refractivity contribution is -0.195. The summed E-state index contributed by atoms with van der Waals surface area (Å²) in [6.07, 6.45) is -2.79. The number of amides is 2. The quantitative estimate of drug-likeness (QED) is 0.126. The molecule has 3 aromatic heterocycles. The Labute approximate surface area is 316 Å². The summed E-state index contributed by atoms with van der Waals surface area (Å²) >= 11 is 6.26. The fourth-order valence-corrected chi connectivity index (χ4v) is 7.57. The minimum Gasteiger partial charge on any atom is -0.474 e. The number of alkyl halides is 3. The molecule has 4 heterocycles. The predicted octanol–water partition coefficient (Wildman–Crippen LogP) is 6.13. The van der Waals surface area contributed by atoms with Crippen molar-refractivity contribution in [1.82, 2.24) is 29.4 Å². The number of nitrogens with zero attached hydrogens (tertiary/aromatic N) is 5. The van der Waals surface area contributed by atoms with E-state index in [0.717, 1.165) is 19.3 Å². The number of halogens is 4. The number of carbonyl (C=O) groups excluding carboxylic acids is 2. The molecule has 1 saturated carbocycles. The molecule has 19 heteroatoms. The van der Waals surface area contributed by atoms with Crippen molar-refractivity contribution in [3.8, 4) is 11.7 Å². The third kappa shape index (κ3) is 10.1. The van der Waals surface area contributed by atoms with Gasteiger partial charge in [-0.15, -0.1) is 5.10 Å². The Morgan fingerprint density at radius 2 is 1.83 bits per heavy atom. The third-order valence-electron chi connectivity index (χ3n) is 9.28. The number of anilines is 1. The molecule has 0 aromatic carbocycles. The van der Waals surface area contributed by atoms with E-state index in [2.05, 4.69) is 20.4 Å². The Bertz CT molecular complexity index is 1950. The van der Waals surface area contributed by atoms with E-state index < -0.39 is 57.3 Å². The fraction of sp³-hybridized carbons (Fsp3) is 0.571. The van der Waals surface area contributed by atoms with Crippen LogP contribution in [0, 0.1) is 11.3 Å². The minimum absolute atomic E-state index is 0.00505. The Balaban J connectivity index is 1.11. The van der Waals surface area contributed by atoms with Gasteiger partial charge in [-0.25, -0.2) is 24.2 Å². The van der Waals surface area contributed by atoms with Crippen LogP contribution in [0.15, 0.2) is 47.6 Å². The van der Waals surface area contributed by atoms with Crippen molar-refractivity contribution in [2.24, 2.45) is 11.3 Å². The van der Waals surface area contributed by atoms with E-state index in [1.807, 2.05) is 39.3 Å². The van der Waals surface area contributed by atoms with Crippen LogP contribution in [-0.2, 0) is 14.8 Å². The number of sulfonamides is 1. The number of nitrogens with one attached hydrogen (secondary N) is 2. The number of hydrogen-bond acceptors (Lipinski definition) is 11. The van der Waals surface area contributed by atoms with Crippen LogP contribution >= 0.6 is 11.6 Å². The van der Waals surface area contributed by atoms with Gasteiger partial charge in [0.05, 0.1) is 17.1 Å². The first-order valence-electron chi connectivity index (χ1n) is 17.5. The van der Waals surface area contributed by atoms with Crippen molar-refractivity contribution < 1.29 is 45.8 Å². The second-order valence-corrected chi connectivity index (χ2v) is 17.4. The SMILES string of the molecule is CC(C)(C)OC(=O)N1C[C@@H](CCCNc2cccc(S(=O)(=O)NC(=O)c3ccc(-n4ccc(OCC(O)CC5(C(F)(F)F)CC5)n4)nc3Cl)n2)CC1(C)C. The summed E-state index contributed by atoms with van der Waals surface area (Å²) in [4.78, 5) is 35.8. The van der Waals surface area contributed by atoms with E-state index in [9.17, 15) is 36.3 Å². The largest absolute Gasteiger partial charge is 0.474 e. The maximum atomic E-state index is 13.2. The number of rotatable bonds is 14. The highest BCUT2D eigenvalue weighted by Crippen LogP contribution is 2.60. The minimum atomic E-state index is -4.42. The normalized spacial score (nSPS) is 18.6. The van der Waals surface area contributed by atoms with Crippen molar-refractivity contribution in [2.45, 2.75) is 102 Å². The van der Waals surface area contributed by atoms with Gasteiger partial charge in [0.25, 0.3) is 15.9 Å². The summed E-state index contributed by atoms with van der Waals surface area (Å²) < 4.78 is 79.9. The van der Waals surface area contributed by atoms with Crippen LogP contribution in [0.1, 0.15) is 83.5 Å². The summed E-state index contributed by atoms with van der Waals surface area (Å²) in [7, 11) is -4.42. The van der Waals surface area contributed by atoms with E-state index in [4.69, 9.17) is 21.1 Å². The zero-order valence-corrected chi connectivity index (χ0v) is 32.2. The summed E-state index contributed by atoms with van der Waals surface area (Å²) in [5, 5.41) is 16.6. The van der Waals surface area contributed by atoms with Gasteiger partial charge in [0.15, 0.2) is 10.8 Å². The molecule has 14 nitrogen and oxygen atoms in total. The topological polar surface area (TPSA) is 178 Å². The van der Waals surface area contributed by atoms with Crippen LogP contribution in [-0.4, -0.2) is 93.3 Å². The van der Waals surface area contributed by atoms with E-state index in [1.165, 1.54) is 41.2 Å². The molecular weight excluding hydrogens is 755 g/mol. The molecule has 5 rings (SSSR count). The third-order valence-corrected chi connectivity index (χ3v) is 10.8. The lowest BCUT2D eigenvalue weighted by Gasteiger charge is -2.33. The van der Waals surface area contributed by atoms with Gasteiger partial charge in [0.1, 0.15) is 23.2 Å². The fourth-order valence-electron chi connectivity index (χ4n) is 6.40. The summed E-state index contributed by atoms with van der Waals surface area (Å²) in [5.41, 5.74) is -3.04. The number of pyridine rings is 2. The second-order valence-electron chi connectivity index (χ2n) is 15.4. The number of hydrogen-bond donors (Lipinski definition) is 3. The Morgan fingerprint density at radius 1 is 1.11 bits per heavy atom. The van der Waals surface area contributed by atoms with Gasteiger partial charge in [0, 0.05) is 30.9 Å². The Hall–Kier alpha value is -4.16. The molecule has 1 saturated heterocycles. The number of aromatic nitrogens is 4. The highest BCUT2D eigenvalue weighted by atomic mass is 35.5. The average Bonchev–Trinajstić information content (AvgIpc) is 3.58. The number of aliphatic hydroxyl groups is 1. The Morgan fingerprint density at radius 3 is 2.48 bits per heavy atom. The smallest absolute Gasteiger partial charge is 0.410 e. The van der Waals surface area contributed by atoms with Crippen molar-refractivity contribution in [1.29, 1.82) is 0 Å². The zero-order valence-electron chi connectivity index (χ0n) is 30.6. The molecule has 0 bridgehead atoms. The highest BCUT2D eigenvalue weighted by molar-refractivity contribution is 7.90. The summed E-state index contributed by atoms with van der Waals surface area (Å²) in [5.74, 6) is -0.356. The molecule has 2 atom stereocenters. The molecule has 0 radical (unpaired) electrons. The molecule has 296 valence electrons. The van der Waals surface area contributed by atoms with Gasteiger partial charge in [-0.2, -0.15) is 21.6 Å². The first-order chi connectivity index (χ1) is 25.1. The standard InChI is InChI=1S/C35H45ClF3N7O7S/c1-32(2,3)53-31(49)45-20-22(18-33(45,4)5)8-7-16-40-25-9-6-10-28(41-25)54(50,51)44-30(48)24-11-12-26(42-29(24)36)46-17-13-27(43-46)52-21-23(47)19-34(14-15-34)35(37,38)39/h6,9-13,17,22-23,47H,7-8,14-16,18-21H2,1-5H3,(H,40,41)(H,44,48)/t22-,23?/m0/s1. The zero-order chi connectivity index (χ0) is 39.7. The molecular formula is C35H45ClF3N7O7S. The lowest BCUT2D eigenvalue weighted by atomic mass is 9.93. The van der Waals surface area contributed by atoms with Crippen LogP contribution in [0.25, 0.3) is 5.82 Å². The molecule has 1 aliphatic heterocycles. The predicted molar refractivity (Wildman–Crippen MR) is 192 cm³/mol. The maximum absolute atomic E-state index is 13.2. The van der Waals surface area contributed by atoms with Crippen LogP contribution in [0.2, 0.25) is 5.15 Å². The van der Waals surface area contributed by atoms with Gasteiger partial charge in [0.2, 0.25) is 5.88 Å². The van der Waals surface area contributed by atoms with E-state index >= 15 is 0 Å². The van der Waals surface area contributed by atoms with E-state index in [0.29, 0.717) is 18.9 Å². The molecule has 3 aromatic rings. The van der Waals surface area contributed by atoms with Gasteiger partial charge >= 0.3 is 12.3 Å². The number of likely N-dealkylation sites (tertiary alicyclic amines) is 1. The van der Waals surface area contributed by atoms with Gasteiger partial charge < -0.3 is 24.8 Å². The lowest BCUT2D eigenvalue weighted by Crippen LogP contribution is -2.45. The van der Waals surface area contributed by atoms with Crippen LogP contribution in [0.3, 0.4) is 0 Å². The summed E-state index contributed by atoms with van der Waals surface area (Å²) in [6, 6.07) is 8.34. The summed E-state index contributed by atoms with van der Waals surface area (Å²) in [6.45, 7) is 10.2. The molecule has 54 heavy (non-hydrogen) atoms. The Kier molecular flexibility index (Phi) is 11.8. The van der Waals surface area contributed by atoms with Crippen molar-refractivity contribution in [3.63, 3.8) is 0 Å². The number of ether oxygens (including phenoxy) is 2. The number of aliphatic hydroxyl groups excluding tert-OH is 1. The van der Waals surface area contributed by atoms with Gasteiger partial charge in [-0.3, -0.25) is 4.79 Å². The molecule has 1 aliphatic carbocycles. The first-order valence-corrected chi connectivity index (χ1v) is 19.3. The van der Waals surface area contributed by atoms with Crippen LogP contribution in [0.4, 0.5) is 23.8 Å². The van der Waals surface area contributed by atoms with E-state index in [-0.39, 0.29) is 52.8 Å². The van der Waals surface area contributed by atoms with Gasteiger partial charge in [-0.05, 0) is 103 Å². The molecule has 3 N–H and O–H groups in total. The van der Waals surface area contributed by atoms with Crippen LogP contribution in [0.5, 0.6) is 5.88 Å². The monoisotopic (exact) mass is 799 g/mol. The molecule has 2 fully saturated rings. The maximum Gasteiger partial charge on any atom is 0.410 e. The van der Waals surface area contributed by atoms with E-state index in [1.54, 1.807) is 11.0 Å². The van der Waals surface area contributed by atoms with Crippen LogP contribution < -0.4 is 14.8 Å². The molecule has 2 aliphatic rings. The number of carbonyl (C=O) groups is 2. The van der Waals surface area contributed by atoms with Crippen molar-refractivity contribution >= 4 is 39.4 Å². The average molecular weight is 800 g/mol.